The van der Waals surface area contributed by atoms with Gasteiger partial charge in [-0.05, 0) is 19.1 Å². The number of fused-ring (bicyclic) bond motifs is 1. The minimum atomic E-state index is -0.106. The molecule has 2 N–H and O–H groups in total. The summed E-state index contributed by atoms with van der Waals surface area (Å²) < 4.78 is 4.97. The van der Waals surface area contributed by atoms with E-state index in [1.807, 2.05) is 37.3 Å². The van der Waals surface area contributed by atoms with Gasteiger partial charge in [0.05, 0.1) is 6.61 Å². The van der Waals surface area contributed by atoms with Crippen LogP contribution in [-0.4, -0.2) is 30.6 Å². The van der Waals surface area contributed by atoms with E-state index in [1.54, 1.807) is 7.11 Å². The second-order valence-corrected chi connectivity index (χ2v) is 4.10. The van der Waals surface area contributed by atoms with Crippen molar-refractivity contribution < 1.29 is 9.53 Å². The van der Waals surface area contributed by atoms with Gasteiger partial charge in [0.1, 0.15) is 5.69 Å². The van der Waals surface area contributed by atoms with E-state index in [1.165, 1.54) is 0 Å². The molecule has 1 aromatic heterocycles. The normalized spacial score (nSPS) is 12.6. The molecule has 4 heteroatoms. The molecule has 0 radical (unpaired) electrons. The number of benzene rings is 1. The Morgan fingerprint density at radius 2 is 2.24 bits per heavy atom. The Bertz CT molecular complexity index is 486. The Hall–Kier alpha value is -1.81. The molecule has 17 heavy (non-hydrogen) atoms. The fraction of sp³-hybridized carbons (Fsp3) is 0.308. The van der Waals surface area contributed by atoms with Crippen LogP contribution >= 0.6 is 0 Å². The van der Waals surface area contributed by atoms with Gasteiger partial charge in [-0.1, -0.05) is 18.2 Å². The van der Waals surface area contributed by atoms with Crippen LogP contribution in [-0.2, 0) is 4.74 Å². The van der Waals surface area contributed by atoms with Gasteiger partial charge in [0.2, 0.25) is 0 Å². The summed E-state index contributed by atoms with van der Waals surface area (Å²) in [6.45, 7) is 2.41. The van der Waals surface area contributed by atoms with Crippen LogP contribution < -0.4 is 5.32 Å². The number of hydrogen-bond donors (Lipinski definition) is 2. The molecule has 1 aromatic carbocycles. The smallest absolute Gasteiger partial charge is 0.268 e. The number of nitrogens with one attached hydrogen (secondary N) is 2. The van der Waals surface area contributed by atoms with E-state index < -0.39 is 0 Å². The number of methoxy groups -OCH3 is 1. The van der Waals surface area contributed by atoms with Crippen molar-refractivity contribution in [1.82, 2.24) is 10.3 Å². The summed E-state index contributed by atoms with van der Waals surface area (Å²) in [7, 11) is 1.62. The number of aromatic amines is 1. The largest absolute Gasteiger partial charge is 0.383 e. The SMILES string of the molecule is COC[C@@H](C)NC(=O)c1cc2ccccc2[nH]1. The van der Waals surface area contributed by atoms with Gasteiger partial charge in [0, 0.05) is 24.1 Å². The average Bonchev–Trinajstić information content (AvgIpc) is 2.72. The molecule has 0 aliphatic heterocycles. The van der Waals surface area contributed by atoms with Gasteiger partial charge in [0.15, 0.2) is 0 Å². The third kappa shape index (κ3) is 2.65. The summed E-state index contributed by atoms with van der Waals surface area (Å²) in [4.78, 5) is 15.0. The van der Waals surface area contributed by atoms with Crippen LogP contribution in [0.2, 0.25) is 0 Å². The van der Waals surface area contributed by atoms with Crippen LogP contribution in [0, 0.1) is 0 Å². The Kier molecular flexibility index (Phi) is 3.44. The zero-order chi connectivity index (χ0) is 12.3. The fourth-order valence-electron chi connectivity index (χ4n) is 1.79. The fourth-order valence-corrected chi connectivity index (χ4v) is 1.79. The van der Waals surface area contributed by atoms with E-state index in [2.05, 4.69) is 10.3 Å². The van der Waals surface area contributed by atoms with Gasteiger partial charge in [0.25, 0.3) is 5.91 Å². The first-order valence-electron chi connectivity index (χ1n) is 5.58. The molecule has 0 aliphatic carbocycles. The maximum atomic E-state index is 11.9. The molecule has 1 amide bonds. The summed E-state index contributed by atoms with van der Waals surface area (Å²) in [5.41, 5.74) is 1.55. The standard InChI is InChI=1S/C13H16N2O2/c1-9(8-17-2)14-13(16)12-7-10-5-3-4-6-11(10)15-12/h3-7,9,15H,8H2,1-2H3,(H,14,16)/t9-/m1/s1. The Balaban J connectivity index is 2.13. The van der Waals surface area contributed by atoms with E-state index in [9.17, 15) is 4.79 Å². The third-order valence-corrected chi connectivity index (χ3v) is 2.57. The molecule has 0 fully saturated rings. The molecule has 4 nitrogen and oxygen atoms in total. The van der Waals surface area contributed by atoms with Crippen molar-refractivity contribution >= 4 is 16.8 Å². The third-order valence-electron chi connectivity index (χ3n) is 2.57. The summed E-state index contributed by atoms with van der Waals surface area (Å²) in [6.07, 6.45) is 0. The second-order valence-electron chi connectivity index (χ2n) is 4.10. The highest BCUT2D eigenvalue weighted by atomic mass is 16.5. The lowest BCUT2D eigenvalue weighted by Crippen LogP contribution is -2.35. The monoisotopic (exact) mass is 232 g/mol. The van der Waals surface area contributed by atoms with Crippen LogP contribution in [0.5, 0.6) is 0 Å². The van der Waals surface area contributed by atoms with Crippen LogP contribution in [0.4, 0.5) is 0 Å². The molecule has 1 heterocycles. The first kappa shape index (κ1) is 11.7. The Morgan fingerprint density at radius 1 is 1.47 bits per heavy atom. The highest BCUT2D eigenvalue weighted by Crippen LogP contribution is 2.14. The zero-order valence-electron chi connectivity index (χ0n) is 9.99. The lowest BCUT2D eigenvalue weighted by Gasteiger charge is -2.11. The number of ether oxygens (including phenoxy) is 1. The van der Waals surface area contributed by atoms with Gasteiger partial charge in [-0.15, -0.1) is 0 Å². The van der Waals surface area contributed by atoms with Crippen LogP contribution in [0.15, 0.2) is 30.3 Å². The second kappa shape index (κ2) is 5.01. The van der Waals surface area contributed by atoms with Gasteiger partial charge < -0.3 is 15.0 Å². The molecule has 0 bridgehead atoms. The van der Waals surface area contributed by atoms with Crippen molar-refractivity contribution in [2.45, 2.75) is 13.0 Å². The van der Waals surface area contributed by atoms with Gasteiger partial charge in [-0.2, -0.15) is 0 Å². The van der Waals surface area contributed by atoms with Gasteiger partial charge in [-0.3, -0.25) is 4.79 Å². The quantitative estimate of drug-likeness (QED) is 0.846. The highest BCUT2D eigenvalue weighted by Gasteiger charge is 2.11. The van der Waals surface area contributed by atoms with Crippen LogP contribution in [0.3, 0.4) is 0 Å². The number of rotatable bonds is 4. The number of H-pyrrole nitrogens is 1. The van der Waals surface area contributed by atoms with Gasteiger partial charge >= 0.3 is 0 Å². The molecular formula is C13H16N2O2. The molecule has 2 rings (SSSR count). The molecule has 0 unspecified atom stereocenters. The average molecular weight is 232 g/mol. The maximum absolute atomic E-state index is 11.9. The zero-order valence-corrected chi connectivity index (χ0v) is 9.99. The molecule has 90 valence electrons. The van der Waals surface area contributed by atoms with Gasteiger partial charge in [-0.25, -0.2) is 0 Å². The molecule has 0 saturated heterocycles. The van der Waals surface area contributed by atoms with E-state index >= 15 is 0 Å². The predicted octanol–water partition coefficient (Wildman–Crippen LogP) is 1.93. The lowest BCUT2D eigenvalue weighted by molar-refractivity contribution is 0.0901. The van der Waals surface area contributed by atoms with Crippen LogP contribution in [0.25, 0.3) is 10.9 Å². The van der Waals surface area contributed by atoms with Crippen molar-refractivity contribution in [1.29, 1.82) is 0 Å². The number of aromatic nitrogens is 1. The van der Waals surface area contributed by atoms with Crippen molar-refractivity contribution in [2.75, 3.05) is 13.7 Å². The van der Waals surface area contributed by atoms with Crippen LogP contribution in [0.1, 0.15) is 17.4 Å². The predicted molar refractivity (Wildman–Crippen MR) is 67.1 cm³/mol. The van der Waals surface area contributed by atoms with Crippen molar-refractivity contribution in [3.63, 3.8) is 0 Å². The van der Waals surface area contributed by atoms with E-state index in [0.717, 1.165) is 10.9 Å². The minimum absolute atomic E-state index is 0.00101. The molecule has 0 aliphatic rings. The van der Waals surface area contributed by atoms with E-state index in [4.69, 9.17) is 4.74 Å². The highest BCUT2D eigenvalue weighted by molar-refractivity contribution is 5.98. The lowest BCUT2D eigenvalue weighted by atomic mass is 10.2. The molecule has 2 aromatic rings. The Morgan fingerprint density at radius 3 is 2.94 bits per heavy atom. The van der Waals surface area contributed by atoms with E-state index in [0.29, 0.717) is 12.3 Å². The molecule has 0 spiro atoms. The topological polar surface area (TPSA) is 54.1 Å². The van der Waals surface area contributed by atoms with E-state index in [-0.39, 0.29) is 11.9 Å². The maximum Gasteiger partial charge on any atom is 0.268 e. The summed E-state index contributed by atoms with van der Waals surface area (Å²) in [5.74, 6) is -0.106. The van der Waals surface area contributed by atoms with Crippen molar-refractivity contribution in [2.24, 2.45) is 0 Å². The molecular weight excluding hydrogens is 216 g/mol. The van der Waals surface area contributed by atoms with Crippen molar-refractivity contribution in [3.05, 3.63) is 36.0 Å². The molecule has 0 saturated carbocycles. The minimum Gasteiger partial charge on any atom is -0.383 e. The Labute approximate surface area is 100.0 Å². The number of carbonyl (C=O) groups is 1. The summed E-state index contributed by atoms with van der Waals surface area (Å²) >= 11 is 0. The first-order valence-corrected chi connectivity index (χ1v) is 5.58. The number of hydrogen-bond acceptors (Lipinski definition) is 2. The van der Waals surface area contributed by atoms with Crippen molar-refractivity contribution in [3.8, 4) is 0 Å². The number of carbonyl (C=O) groups excluding carboxylic acids is 1. The molecule has 1 atom stereocenters. The number of amides is 1. The summed E-state index contributed by atoms with van der Waals surface area (Å²) in [6, 6.07) is 9.66. The summed E-state index contributed by atoms with van der Waals surface area (Å²) in [5, 5.41) is 3.90. The number of para-hydroxylation sites is 1. The first-order chi connectivity index (χ1) is 8.20.